The van der Waals surface area contributed by atoms with Gasteiger partial charge in [-0.3, -0.25) is 0 Å². The van der Waals surface area contributed by atoms with Gasteiger partial charge in [-0.2, -0.15) is 35.1 Å². The van der Waals surface area contributed by atoms with Crippen LogP contribution in [0.15, 0.2) is 0 Å². The molecule has 0 fully saturated rings. The molecule has 0 aromatic carbocycles. The molecule has 158 valence electrons. The van der Waals surface area contributed by atoms with Crippen molar-refractivity contribution in [1.29, 1.82) is 0 Å². The molecule has 0 bridgehead atoms. The summed E-state index contributed by atoms with van der Waals surface area (Å²) >= 11 is 0. The standard InChI is InChI=1S/C14H19F11O/c1-6-8(3,15)11(17,13(21,22)23)14(24,25)26-9(4,7-2)10(5,16)12(18,19)20/h6-7H2,1-5H3. The third kappa shape index (κ3) is 3.62. The fraction of sp³-hybridized carbons (Fsp3) is 1.00. The summed E-state index contributed by atoms with van der Waals surface area (Å²) < 4.78 is 152. The summed E-state index contributed by atoms with van der Waals surface area (Å²) in [6.45, 7) is 1.05. The second-order valence-corrected chi connectivity index (χ2v) is 6.41. The molecular formula is C14H19F11O. The first-order chi connectivity index (χ1) is 11.1. The van der Waals surface area contributed by atoms with Crippen LogP contribution in [0, 0.1) is 0 Å². The Balaban J connectivity index is 6.45. The van der Waals surface area contributed by atoms with Crippen molar-refractivity contribution in [3.63, 3.8) is 0 Å². The van der Waals surface area contributed by atoms with E-state index in [4.69, 9.17) is 0 Å². The van der Waals surface area contributed by atoms with Gasteiger partial charge in [0.15, 0.2) is 5.67 Å². The monoisotopic (exact) mass is 412 g/mol. The molecule has 0 radical (unpaired) electrons. The van der Waals surface area contributed by atoms with Crippen molar-refractivity contribution in [2.45, 2.75) is 88.5 Å². The van der Waals surface area contributed by atoms with Crippen LogP contribution in [0.4, 0.5) is 48.3 Å². The highest BCUT2D eigenvalue weighted by Crippen LogP contribution is 2.57. The molecule has 0 aliphatic heterocycles. The Morgan fingerprint density at radius 1 is 0.615 bits per heavy atom. The van der Waals surface area contributed by atoms with E-state index in [1.807, 2.05) is 0 Å². The van der Waals surface area contributed by atoms with Gasteiger partial charge < -0.3 is 4.74 Å². The first kappa shape index (κ1) is 25.2. The van der Waals surface area contributed by atoms with Crippen molar-refractivity contribution < 1.29 is 53.0 Å². The third-order valence-corrected chi connectivity index (χ3v) is 4.73. The van der Waals surface area contributed by atoms with Gasteiger partial charge in [-0.25, -0.2) is 13.2 Å². The maximum atomic E-state index is 14.4. The summed E-state index contributed by atoms with van der Waals surface area (Å²) in [5, 5.41) is 0. The van der Waals surface area contributed by atoms with Crippen molar-refractivity contribution in [2.75, 3.05) is 0 Å². The van der Waals surface area contributed by atoms with Gasteiger partial charge in [0.1, 0.15) is 5.60 Å². The highest BCUT2D eigenvalue weighted by molar-refractivity contribution is 5.10. The average Bonchev–Trinajstić information content (AvgIpc) is 2.42. The molecule has 0 N–H and O–H groups in total. The molecule has 0 aromatic heterocycles. The largest absolute Gasteiger partial charge is 0.434 e. The topological polar surface area (TPSA) is 9.23 Å². The fourth-order valence-electron chi connectivity index (χ4n) is 2.16. The molecular weight excluding hydrogens is 393 g/mol. The number of rotatable bonds is 7. The molecule has 0 amide bonds. The minimum atomic E-state index is -6.57. The molecule has 0 spiro atoms. The fourth-order valence-corrected chi connectivity index (χ4v) is 2.16. The van der Waals surface area contributed by atoms with Crippen LogP contribution < -0.4 is 0 Å². The van der Waals surface area contributed by atoms with E-state index < -0.39 is 53.9 Å². The lowest BCUT2D eigenvalue weighted by atomic mass is 9.81. The Kier molecular flexibility index (Phi) is 6.45. The van der Waals surface area contributed by atoms with Crippen molar-refractivity contribution in [3.8, 4) is 0 Å². The van der Waals surface area contributed by atoms with Gasteiger partial charge in [0, 0.05) is 0 Å². The Labute approximate surface area is 142 Å². The van der Waals surface area contributed by atoms with Crippen LogP contribution in [0.3, 0.4) is 0 Å². The predicted octanol–water partition coefficient (Wildman–Crippen LogP) is 6.46. The van der Waals surface area contributed by atoms with E-state index in [9.17, 15) is 48.3 Å². The molecule has 0 aliphatic carbocycles. The van der Waals surface area contributed by atoms with Crippen LogP contribution >= 0.6 is 0 Å². The zero-order valence-corrected chi connectivity index (χ0v) is 14.5. The molecule has 0 saturated heterocycles. The molecule has 0 aliphatic rings. The summed E-state index contributed by atoms with van der Waals surface area (Å²) in [4.78, 5) is 0. The first-order valence-corrected chi connectivity index (χ1v) is 7.36. The molecule has 0 rings (SSSR count). The Morgan fingerprint density at radius 3 is 1.23 bits per heavy atom. The first-order valence-electron chi connectivity index (χ1n) is 7.36. The van der Waals surface area contributed by atoms with Gasteiger partial charge in [0.25, 0.3) is 0 Å². The van der Waals surface area contributed by atoms with Crippen LogP contribution in [0.5, 0.6) is 0 Å². The lowest BCUT2D eigenvalue weighted by Gasteiger charge is -2.47. The van der Waals surface area contributed by atoms with E-state index in [1.54, 1.807) is 0 Å². The molecule has 0 saturated carbocycles. The normalized spacial score (nSPS) is 23.5. The van der Waals surface area contributed by atoms with Crippen molar-refractivity contribution in [2.24, 2.45) is 0 Å². The van der Waals surface area contributed by atoms with Crippen molar-refractivity contribution in [3.05, 3.63) is 0 Å². The van der Waals surface area contributed by atoms with E-state index in [0.717, 1.165) is 0 Å². The molecule has 1 nitrogen and oxygen atoms in total. The number of hydrogen-bond acceptors (Lipinski definition) is 1. The van der Waals surface area contributed by atoms with Crippen LogP contribution in [0.1, 0.15) is 47.5 Å². The highest BCUT2D eigenvalue weighted by atomic mass is 19.4. The van der Waals surface area contributed by atoms with Crippen LogP contribution in [0.2, 0.25) is 0 Å². The smallest absolute Gasteiger partial charge is 0.307 e. The average molecular weight is 412 g/mol. The molecule has 0 heterocycles. The maximum absolute atomic E-state index is 14.4. The van der Waals surface area contributed by atoms with Gasteiger partial charge in [0.2, 0.25) is 5.67 Å². The molecule has 0 aromatic rings. The zero-order valence-electron chi connectivity index (χ0n) is 14.5. The second-order valence-electron chi connectivity index (χ2n) is 6.41. The maximum Gasteiger partial charge on any atom is 0.434 e. The number of alkyl halides is 11. The summed E-state index contributed by atoms with van der Waals surface area (Å²) in [6, 6.07) is 0. The van der Waals surface area contributed by atoms with E-state index in [1.165, 1.54) is 0 Å². The zero-order chi connectivity index (χ0) is 21.6. The van der Waals surface area contributed by atoms with Gasteiger partial charge in [-0.1, -0.05) is 13.8 Å². The summed E-state index contributed by atoms with van der Waals surface area (Å²) in [6.07, 6.45) is -21.2. The SMILES string of the molecule is CCC(C)(F)C(F)(C(F)(F)F)C(F)(F)OC(C)(CC)C(C)(F)C(F)(F)F. The van der Waals surface area contributed by atoms with E-state index >= 15 is 0 Å². The van der Waals surface area contributed by atoms with E-state index in [-0.39, 0.29) is 20.8 Å². The Hall–Kier alpha value is -0.810. The molecule has 4 unspecified atom stereocenters. The molecule has 4 atom stereocenters. The minimum Gasteiger partial charge on any atom is -0.307 e. The second kappa shape index (κ2) is 6.66. The number of hydrogen-bond donors (Lipinski definition) is 0. The minimum absolute atomic E-state index is 0.104. The summed E-state index contributed by atoms with van der Waals surface area (Å²) in [5.74, 6) is 0. The summed E-state index contributed by atoms with van der Waals surface area (Å²) in [5.41, 5.74) is -18.6. The van der Waals surface area contributed by atoms with Crippen molar-refractivity contribution in [1.82, 2.24) is 0 Å². The van der Waals surface area contributed by atoms with Gasteiger partial charge in [-0.15, -0.1) is 0 Å². The lowest BCUT2D eigenvalue weighted by Crippen LogP contribution is -2.70. The number of halogens is 11. The highest BCUT2D eigenvalue weighted by Gasteiger charge is 2.82. The van der Waals surface area contributed by atoms with E-state index in [2.05, 4.69) is 4.74 Å². The van der Waals surface area contributed by atoms with Crippen LogP contribution in [0.25, 0.3) is 0 Å². The number of ether oxygens (including phenoxy) is 1. The van der Waals surface area contributed by atoms with E-state index in [0.29, 0.717) is 13.8 Å². The van der Waals surface area contributed by atoms with Gasteiger partial charge in [-0.05, 0) is 33.6 Å². The lowest BCUT2D eigenvalue weighted by molar-refractivity contribution is -0.444. The quantitative estimate of drug-likeness (QED) is 0.436. The van der Waals surface area contributed by atoms with Crippen LogP contribution in [-0.4, -0.2) is 41.1 Å². The van der Waals surface area contributed by atoms with Gasteiger partial charge in [0.05, 0.1) is 0 Å². The Morgan fingerprint density at radius 2 is 1.00 bits per heavy atom. The van der Waals surface area contributed by atoms with Crippen molar-refractivity contribution >= 4 is 0 Å². The molecule has 12 heteroatoms. The summed E-state index contributed by atoms with van der Waals surface area (Å²) in [7, 11) is 0. The van der Waals surface area contributed by atoms with Crippen LogP contribution in [-0.2, 0) is 4.74 Å². The predicted molar refractivity (Wildman–Crippen MR) is 70.0 cm³/mol. The third-order valence-electron chi connectivity index (χ3n) is 4.73. The molecule has 26 heavy (non-hydrogen) atoms. The van der Waals surface area contributed by atoms with Gasteiger partial charge >= 0.3 is 24.1 Å². The Bertz CT molecular complexity index is 494.